The Balaban J connectivity index is 2.08. The van der Waals surface area contributed by atoms with Gasteiger partial charge in [-0.25, -0.2) is 0 Å². The Hall–Kier alpha value is -0.780. The van der Waals surface area contributed by atoms with Crippen LogP contribution in [0.1, 0.15) is 24.4 Å². The normalized spacial score (nSPS) is 11.2. The highest BCUT2D eigenvalue weighted by Crippen LogP contribution is 2.28. The molecule has 0 spiro atoms. The Kier molecular flexibility index (Phi) is 5.07. The highest BCUT2D eigenvalue weighted by atomic mass is 79.9. The summed E-state index contributed by atoms with van der Waals surface area (Å²) in [5.41, 5.74) is 2.39. The fourth-order valence-electron chi connectivity index (χ4n) is 1.80. The van der Waals surface area contributed by atoms with Crippen molar-refractivity contribution in [2.75, 3.05) is 6.54 Å². The first-order valence-electron chi connectivity index (χ1n) is 6.38. The molecule has 5 heteroatoms. The van der Waals surface area contributed by atoms with Crippen molar-refractivity contribution >= 4 is 27.3 Å². The van der Waals surface area contributed by atoms with E-state index in [0.29, 0.717) is 6.04 Å². The summed E-state index contributed by atoms with van der Waals surface area (Å²) in [6.45, 7) is 7.35. The van der Waals surface area contributed by atoms with E-state index in [0.717, 1.165) is 27.5 Å². The topological polar surface area (TPSA) is 37.8 Å². The number of nitrogens with zero attached hydrogens (tertiary/aromatic N) is 2. The molecule has 1 aromatic carbocycles. The standard InChI is InChI=1S/C14H18BrN3S/c1-9(2)16-7-6-13-17-18-14(19-13)12-5-4-11(15)8-10(12)3/h4-5,8-9,16H,6-7H2,1-3H3. The highest BCUT2D eigenvalue weighted by Gasteiger charge is 2.09. The first kappa shape index (κ1) is 14.6. The van der Waals surface area contributed by atoms with Crippen LogP contribution in [-0.2, 0) is 6.42 Å². The smallest absolute Gasteiger partial charge is 0.148 e. The lowest BCUT2D eigenvalue weighted by molar-refractivity contribution is 0.588. The first-order valence-corrected chi connectivity index (χ1v) is 7.99. The molecule has 2 aromatic rings. The van der Waals surface area contributed by atoms with Gasteiger partial charge in [0.05, 0.1) is 0 Å². The molecular weight excluding hydrogens is 322 g/mol. The van der Waals surface area contributed by atoms with Gasteiger partial charge in [-0.15, -0.1) is 10.2 Å². The second kappa shape index (κ2) is 6.59. The molecule has 0 saturated carbocycles. The predicted molar refractivity (Wildman–Crippen MR) is 84.6 cm³/mol. The SMILES string of the molecule is Cc1cc(Br)ccc1-c1nnc(CCNC(C)C)s1. The lowest BCUT2D eigenvalue weighted by atomic mass is 10.1. The monoisotopic (exact) mass is 339 g/mol. The maximum Gasteiger partial charge on any atom is 0.148 e. The second-order valence-electron chi connectivity index (χ2n) is 4.82. The van der Waals surface area contributed by atoms with Crippen molar-refractivity contribution < 1.29 is 0 Å². The number of hydrogen-bond donors (Lipinski definition) is 1. The summed E-state index contributed by atoms with van der Waals surface area (Å²) in [5.74, 6) is 0. The van der Waals surface area contributed by atoms with Gasteiger partial charge in [-0.05, 0) is 24.6 Å². The molecule has 0 bridgehead atoms. The van der Waals surface area contributed by atoms with E-state index in [-0.39, 0.29) is 0 Å². The molecule has 0 aliphatic rings. The van der Waals surface area contributed by atoms with Gasteiger partial charge < -0.3 is 5.32 Å². The van der Waals surface area contributed by atoms with Crippen molar-refractivity contribution in [3.63, 3.8) is 0 Å². The number of halogens is 1. The van der Waals surface area contributed by atoms with Crippen LogP contribution in [-0.4, -0.2) is 22.8 Å². The molecule has 0 amide bonds. The molecule has 0 aliphatic heterocycles. The number of aryl methyl sites for hydroxylation is 1. The number of benzene rings is 1. The van der Waals surface area contributed by atoms with E-state index in [1.54, 1.807) is 11.3 Å². The van der Waals surface area contributed by atoms with Crippen molar-refractivity contribution in [3.8, 4) is 10.6 Å². The Morgan fingerprint density at radius 3 is 2.79 bits per heavy atom. The minimum Gasteiger partial charge on any atom is -0.314 e. The van der Waals surface area contributed by atoms with Crippen molar-refractivity contribution in [2.24, 2.45) is 0 Å². The van der Waals surface area contributed by atoms with Crippen LogP contribution < -0.4 is 5.32 Å². The Labute approximate surface area is 126 Å². The minimum absolute atomic E-state index is 0.515. The summed E-state index contributed by atoms with van der Waals surface area (Å²) in [7, 11) is 0. The van der Waals surface area contributed by atoms with Gasteiger partial charge in [0.1, 0.15) is 10.0 Å². The maximum atomic E-state index is 4.30. The van der Waals surface area contributed by atoms with E-state index in [1.807, 2.05) is 6.07 Å². The third-order valence-corrected chi connectivity index (χ3v) is 4.29. The van der Waals surface area contributed by atoms with Crippen molar-refractivity contribution in [1.82, 2.24) is 15.5 Å². The zero-order valence-electron chi connectivity index (χ0n) is 11.4. The lowest BCUT2D eigenvalue weighted by Crippen LogP contribution is -2.24. The number of rotatable bonds is 5. The Morgan fingerprint density at radius 2 is 2.11 bits per heavy atom. The molecular formula is C14H18BrN3S. The van der Waals surface area contributed by atoms with Crippen LogP contribution >= 0.6 is 27.3 Å². The average Bonchev–Trinajstić information content (AvgIpc) is 2.77. The molecule has 0 unspecified atom stereocenters. The van der Waals surface area contributed by atoms with Gasteiger partial charge >= 0.3 is 0 Å². The van der Waals surface area contributed by atoms with Gasteiger partial charge in [0.15, 0.2) is 0 Å². The van der Waals surface area contributed by atoms with Gasteiger partial charge in [-0.2, -0.15) is 0 Å². The van der Waals surface area contributed by atoms with Gasteiger partial charge in [0, 0.05) is 29.0 Å². The van der Waals surface area contributed by atoms with Gasteiger partial charge in [0.2, 0.25) is 0 Å². The number of hydrogen-bond acceptors (Lipinski definition) is 4. The quantitative estimate of drug-likeness (QED) is 0.899. The largest absolute Gasteiger partial charge is 0.314 e. The molecule has 2 rings (SSSR count). The van der Waals surface area contributed by atoms with Gasteiger partial charge in [0.25, 0.3) is 0 Å². The van der Waals surface area contributed by atoms with E-state index >= 15 is 0 Å². The van der Waals surface area contributed by atoms with Gasteiger partial charge in [-0.1, -0.05) is 47.2 Å². The molecule has 0 fully saturated rings. The molecule has 0 radical (unpaired) electrons. The Bertz CT molecular complexity index is 551. The van der Waals surface area contributed by atoms with Crippen LogP contribution in [0.4, 0.5) is 0 Å². The van der Waals surface area contributed by atoms with Crippen LogP contribution in [0.2, 0.25) is 0 Å². The predicted octanol–water partition coefficient (Wildman–Crippen LogP) is 3.82. The molecule has 1 N–H and O–H groups in total. The molecule has 19 heavy (non-hydrogen) atoms. The minimum atomic E-state index is 0.515. The number of aromatic nitrogens is 2. The highest BCUT2D eigenvalue weighted by molar-refractivity contribution is 9.10. The van der Waals surface area contributed by atoms with Crippen LogP contribution in [0.15, 0.2) is 22.7 Å². The van der Waals surface area contributed by atoms with Crippen molar-refractivity contribution in [1.29, 1.82) is 0 Å². The molecule has 3 nitrogen and oxygen atoms in total. The molecule has 1 aromatic heterocycles. The Morgan fingerprint density at radius 1 is 1.32 bits per heavy atom. The summed E-state index contributed by atoms with van der Waals surface area (Å²) in [5, 5.41) is 14.1. The zero-order chi connectivity index (χ0) is 13.8. The van der Waals surface area contributed by atoms with E-state index in [1.165, 1.54) is 11.1 Å². The van der Waals surface area contributed by atoms with E-state index < -0.39 is 0 Å². The fourth-order valence-corrected chi connectivity index (χ4v) is 3.20. The van der Waals surface area contributed by atoms with Gasteiger partial charge in [-0.3, -0.25) is 0 Å². The third kappa shape index (κ3) is 4.09. The van der Waals surface area contributed by atoms with E-state index in [2.05, 4.69) is 64.3 Å². The molecule has 0 saturated heterocycles. The maximum absolute atomic E-state index is 4.30. The summed E-state index contributed by atoms with van der Waals surface area (Å²) < 4.78 is 1.10. The van der Waals surface area contributed by atoms with E-state index in [9.17, 15) is 0 Å². The summed E-state index contributed by atoms with van der Waals surface area (Å²) in [6, 6.07) is 6.76. The average molecular weight is 340 g/mol. The first-order chi connectivity index (χ1) is 9.06. The lowest BCUT2D eigenvalue weighted by Gasteiger charge is -2.05. The summed E-state index contributed by atoms with van der Waals surface area (Å²) in [6.07, 6.45) is 0.936. The van der Waals surface area contributed by atoms with Crippen LogP contribution in [0.25, 0.3) is 10.6 Å². The summed E-state index contributed by atoms with van der Waals surface area (Å²) in [4.78, 5) is 0. The molecule has 0 aliphatic carbocycles. The fraction of sp³-hybridized carbons (Fsp3) is 0.429. The van der Waals surface area contributed by atoms with Crippen LogP contribution in [0.3, 0.4) is 0 Å². The second-order valence-corrected chi connectivity index (χ2v) is 6.80. The van der Waals surface area contributed by atoms with Crippen LogP contribution in [0.5, 0.6) is 0 Å². The van der Waals surface area contributed by atoms with Crippen molar-refractivity contribution in [3.05, 3.63) is 33.2 Å². The van der Waals surface area contributed by atoms with Crippen LogP contribution in [0, 0.1) is 6.92 Å². The molecule has 0 atom stereocenters. The van der Waals surface area contributed by atoms with Crippen molar-refractivity contribution in [2.45, 2.75) is 33.2 Å². The van der Waals surface area contributed by atoms with E-state index in [4.69, 9.17) is 0 Å². The zero-order valence-corrected chi connectivity index (χ0v) is 13.8. The molecule has 102 valence electrons. The third-order valence-electron chi connectivity index (χ3n) is 2.78. The molecule has 1 heterocycles. The number of nitrogens with one attached hydrogen (secondary N) is 1. The summed E-state index contributed by atoms with van der Waals surface area (Å²) >= 11 is 5.16.